The predicted molar refractivity (Wildman–Crippen MR) is 98.5 cm³/mol. The smallest absolute Gasteiger partial charge is 0.193 e. The molecule has 1 heterocycles. The molecule has 1 saturated carbocycles. The molecule has 0 spiro atoms. The Balaban J connectivity index is 1.81. The summed E-state index contributed by atoms with van der Waals surface area (Å²) in [5.74, 6) is 1.77. The summed E-state index contributed by atoms with van der Waals surface area (Å²) in [5.41, 5.74) is 3.65. The first-order valence-electron chi connectivity index (χ1n) is 9.09. The third kappa shape index (κ3) is 5.51. The molecule has 1 aromatic rings. The van der Waals surface area contributed by atoms with Gasteiger partial charge in [0.25, 0.3) is 0 Å². The summed E-state index contributed by atoms with van der Waals surface area (Å²) in [6.45, 7) is 10.5. The standard InChI is InChI=1S/C18H33N5O/c1-6-19-18(22(4)11-12-24-13-16-7-8-16)20-10-9-17-14(2)21-23(5)15(17)3/h16H,6-13H2,1-5H3,(H,19,20). The fourth-order valence-corrected chi connectivity index (χ4v) is 2.76. The van der Waals surface area contributed by atoms with Gasteiger partial charge < -0.3 is 15.0 Å². The van der Waals surface area contributed by atoms with Gasteiger partial charge in [0.2, 0.25) is 0 Å². The molecule has 0 saturated heterocycles. The van der Waals surface area contributed by atoms with E-state index >= 15 is 0 Å². The average Bonchev–Trinajstić information content (AvgIpc) is 3.33. The van der Waals surface area contributed by atoms with Crippen LogP contribution >= 0.6 is 0 Å². The molecular formula is C18H33N5O. The minimum absolute atomic E-state index is 0.762. The van der Waals surface area contributed by atoms with Crippen molar-refractivity contribution in [3.8, 4) is 0 Å². The Labute approximate surface area is 146 Å². The van der Waals surface area contributed by atoms with Crippen molar-refractivity contribution < 1.29 is 4.74 Å². The molecule has 24 heavy (non-hydrogen) atoms. The molecule has 1 fully saturated rings. The molecule has 1 N–H and O–H groups in total. The summed E-state index contributed by atoms with van der Waals surface area (Å²) < 4.78 is 7.68. The Bertz CT molecular complexity index is 548. The van der Waals surface area contributed by atoms with Gasteiger partial charge >= 0.3 is 0 Å². The Morgan fingerprint density at radius 3 is 2.75 bits per heavy atom. The fraction of sp³-hybridized carbons (Fsp3) is 0.778. The number of aryl methyl sites for hydroxylation is 2. The van der Waals surface area contributed by atoms with E-state index in [1.54, 1.807) is 0 Å². The molecule has 136 valence electrons. The molecule has 1 aliphatic carbocycles. The Hall–Kier alpha value is -1.56. The van der Waals surface area contributed by atoms with Crippen LogP contribution in [-0.4, -0.2) is 60.5 Å². The number of aliphatic imine (C=N–C) groups is 1. The van der Waals surface area contributed by atoms with E-state index in [0.717, 1.165) is 56.8 Å². The van der Waals surface area contributed by atoms with Gasteiger partial charge in [-0.25, -0.2) is 0 Å². The second-order valence-corrected chi connectivity index (χ2v) is 6.70. The van der Waals surface area contributed by atoms with Gasteiger partial charge in [-0.2, -0.15) is 5.10 Å². The predicted octanol–water partition coefficient (Wildman–Crippen LogP) is 1.90. The van der Waals surface area contributed by atoms with E-state index in [-0.39, 0.29) is 0 Å². The molecule has 2 rings (SSSR count). The number of rotatable bonds is 9. The van der Waals surface area contributed by atoms with Crippen molar-refractivity contribution in [2.45, 2.75) is 40.0 Å². The number of hydrogen-bond donors (Lipinski definition) is 1. The minimum atomic E-state index is 0.762. The van der Waals surface area contributed by atoms with E-state index in [2.05, 4.69) is 43.1 Å². The average molecular weight is 335 g/mol. The minimum Gasteiger partial charge on any atom is -0.379 e. The van der Waals surface area contributed by atoms with Gasteiger partial charge in [0, 0.05) is 46.0 Å². The summed E-state index contributed by atoms with van der Waals surface area (Å²) in [7, 11) is 4.07. The largest absolute Gasteiger partial charge is 0.379 e. The van der Waals surface area contributed by atoms with Crippen LogP contribution in [0.1, 0.15) is 36.7 Å². The number of aromatic nitrogens is 2. The van der Waals surface area contributed by atoms with Crippen molar-refractivity contribution in [2.75, 3.05) is 39.9 Å². The number of hydrogen-bond acceptors (Lipinski definition) is 3. The van der Waals surface area contributed by atoms with E-state index in [0.29, 0.717) is 0 Å². The van der Waals surface area contributed by atoms with Crippen LogP contribution in [0, 0.1) is 19.8 Å². The molecule has 1 aromatic heterocycles. The highest BCUT2D eigenvalue weighted by molar-refractivity contribution is 5.79. The zero-order valence-electron chi connectivity index (χ0n) is 15.9. The first-order valence-corrected chi connectivity index (χ1v) is 9.09. The summed E-state index contributed by atoms with van der Waals surface area (Å²) in [4.78, 5) is 6.92. The Kier molecular flexibility index (Phi) is 7.09. The maximum Gasteiger partial charge on any atom is 0.193 e. The van der Waals surface area contributed by atoms with E-state index in [1.165, 1.54) is 24.1 Å². The van der Waals surface area contributed by atoms with E-state index < -0.39 is 0 Å². The lowest BCUT2D eigenvalue weighted by atomic mass is 10.1. The molecule has 0 aliphatic heterocycles. The van der Waals surface area contributed by atoms with Gasteiger partial charge in [0.05, 0.1) is 12.3 Å². The maximum atomic E-state index is 5.73. The highest BCUT2D eigenvalue weighted by Crippen LogP contribution is 2.28. The molecule has 0 aromatic carbocycles. The van der Waals surface area contributed by atoms with Crippen LogP contribution in [0.5, 0.6) is 0 Å². The lowest BCUT2D eigenvalue weighted by molar-refractivity contribution is 0.115. The third-order valence-corrected chi connectivity index (χ3v) is 4.60. The SMILES string of the molecule is CCNC(=NCCc1c(C)nn(C)c1C)N(C)CCOCC1CC1. The van der Waals surface area contributed by atoms with Crippen LogP contribution < -0.4 is 5.32 Å². The van der Waals surface area contributed by atoms with Crippen LogP contribution in [0.4, 0.5) is 0 Å². The van der Waals surface area contributed by atoms with Crippen LogP contribution in [0.15, 0.2) is 4.99 Å². The number of guanidine groups is 1. The van der Waals surface area contributed by atoms with Crippen molar-refractivity contribution in [1.29, 1.82) is 0 Å². The molecule has 0 unspecified atom stereocenters. The van der Waals surface area contributed by atoms with E-state index in [4.69, 9.17) is 9.73 Å². The van der Waals surface area contributed by atoms with Crippen molar-refractivity contribution in [3.05, 3.63) is 17.0 Å². The van der Waals surface area contributed by atoms with Crippen molar-refractivity contribution in [3.63, 3.8) is 0 Å². The summed E-state index contributed by atoms with van der Waals surface area (Å²) in [6.07, 6.45) is 3.60. The summed E-state index contributed by atoms with van der Waals surface area (Å²) >= 11 is 0. The first kappa shape index (κ1) is 18.8. The number of ether oxygens (including phenoxy) is 1. The monoisotopic (exact) mass is 335 g/mol. The lowest BCUT2D eigenvalue weighted by Gasteiger charge is -2.22. The van der Waals surface area contributed by atoms with Gasteiger partial charge in [-0.3, -0.25) is 9.67 Å². The van der Waals surface area contributed by atoms with Gasteiger partial charge in [0.15, 0.2) is 5.96 Å². The molecule has 0 amide bonds. The summed E-state index contributed by atoms with van der Waals surface area (Å²) in [5, 5.41) is 7.84. The second-order valence-electron chi connectivity index (χ2n) is 6.70. The zero-order valence-corrected chi connectivity index (χ0v) is 15.9. The zero-order chi connectivity index (χ0) is 17.5. The molecular weight excluding hydrogens is 302 g/mol. The lowest BCUT2D eigenvalue weighted by Crippen LogP contribution is -2.40. The van der Waals surface area contributed by atoms with Crippen molar-refractivity contribution in [1.82, 2.24) is 20.0 Å². The summed E-state index contributed by atoms with van der Waals surface area (Å²) in [6, 6.07) is 0. The second kappa shape index (κ2) is 9.06. The van der Waals surface area contributed by atoms with E-state index in [1.807, 2.05) is 11.7 Å². The van der Waals surface area contributed by atoms with Crippen molar-refractivity contribution in [2.24, 2.45) is 18.0 Å². The van der Waals surface area contributed by atoms with Gasteiger partial charge in [-0.15, -0.1) is 0 Å². The molecule has 0 radical (unpaired) electrons. The number of likely N-dealkylation sites (N-methyl/N-ethyl adjacent to an activating group) is 1. The highest BCUT2D eigenvalue weighted by atomic mass is 16.5. The van der Waals surface area contributed by atoms with Gasteiger partial charge in [0.1, 0.15) is 0 Å². The van der Waals surface area contributed by atoms with E-state index in [9.17, 15) is 0 Å². The third-order valence-electron chi connectivity index (χ3n) is 4.60. The van der Waals surface area contributed by atoms with Crippen molar-refractivity contribution >= 4 is 5.96 Å². The topological polar surface area (TPSA) is 54.7 Å². The van der Waals surface area contributed by atoms with Crippen LogP contribution in [-0.2, 0) is 18.2 Å². The van der Waals surface area contributed by atoms with Crippen LogP contribution in [0.2, 0.25) is 0 Å². The first-order chi connectivity index (χ1) is 11.5. The molecule has 0 atom stereocenters. The number of nitrogens with one attached hydrogen (secondary N) is 1. The quantitative estimate of drug-likeness (QED) is 0.425. The molecule has 6 heteroatoms. The maximum absolute atomic E-state index is 5.73. The molecule has 1 aliphatic rings. The van der Waals surface area contributed by atoms with Crippen LogP contribution in [0.3, 0.4) is 0 Å². The van der Waals surface area contributed by atoms with Crippen LogP contribution in [0.25, 0.3) is 0 Å². The normalized spacial score (nSPS) is 15.0. The highest BCUT2D eigenvalue weighted by Gasteiger charge is 2.21. The Morgan fingerprint density at radius 2 is 2.17 bits per heavy atom. The number of nitrogens with zero attached hydrogens (tertiary/aromatic N) is 4. The molecule has 0 bridgehead atoms. The fourth-order valence-electron chi connectivity index (χ4n) is 2.76. The van der Waals surface area contributed by atoms with Gasteiger partial charge in [-0.1, -0.05) is 0 Å². The Morgan fingerprint density at radius 1 is 1.42 bits per heavy atom. The molecule has 6 nitrogen and oxygen atoms in total. The van der Waals surface area contributed by atoms with Gasteiger partial charge in [-0.05, 0) is 51.5 Å².